The minimum Gasteiger partial charge on any atom is -0.335 e. The van der Waals surface area contributed by atoms with Crippen LogP contribution in [-0.4, -0.2) is 49.7 Å². The van der Waals surface area contributed by atoms with Crippen molar-refractivity contribution < 1.29 is 26.4 Å². The molecule has 1 aliphatic rings. The molecule has 0 bridgehead atoms. The number of alkyl halides is 3. The van der Waals surface area contributed by atoms with Crippen molar-refractivity contribution in [3.05, 3.63) is 52.2 Å². The SMILES string of the molecule is O=C(c1cccs1)N1CCN(S(=O)(=O)c2ccc(C(F)(F)F)cc2)CC1. The van der Waals surface area contributed by atoms with Gasteiger partial charge >= 0.3 is 6.18 Å². The van der Waals surface area contributed by atoms with E-state index >= 15 is 0 Å². The Bertz CT molecular complexity index is 870. The number of hydrogen-bond donors (Lipinski definition) is 0. The molecular weight excluding hydrogens is 389 g/mol. The number of hydrogen-bond acceptors (Lipinski definition) is 4. The number of sulfonamides is 1. The maximum absolute atomic E-state index is 12.6. The molecule has 10 heteroatoms. The van der Waals surface area contributed by atoms with E-state index < -0.39 is 21.8 Å². The van der Waals surface area contributed by atoms with Crippen molar-refractivity contribution in [2.75, 3.05) is 26.2 Å². The lowest BCUT2D eigenvalue weighted by molar-refractivity contribution is -0.137. The van der Waals surface area contributed by atoms with Gasteiger partial charge in [0.15, 0.2) is 0 Å². The molecule has 0 spiro atoms. The first-order valence-electron chi connectivity index (χ1n) is 7.70. The van der Waals surface area contributed by atoms with Crippen molar-refractivity contribution in [3.8, 4) is 0 Å². The molecule has 1 fully saturated rings. The van der Waals surface area contributed by atoms with Crippen LogP contribution in [0.5, 0.6) is 0 Å². The summed E-state index contributed by atoms with van der Waals surface area (Å²) in [5.41, 5.74) is -0.900. The highest BCUT2D eigenvalue weighted by Gasteiger charge is 2.33. The maximum atomic E-state index is 12.6. The van der Waals surface area contributed by atoms with Crippen molar-refractivity contribution in [1.82, 2.24) is 9.21 Å². The van der Waals surface area contributed by atoms with Crippen LogP contribution in [0.4, 0.5) is 13.2 Å². The summed E-state index contributed by atoms with van der Waals surface area (Å²) >= 11 is 1.32. The molecule has 1 aromatic carbocycles. The molecule has 3 rings (SSSR count). The van der Waals surface area contributed by atoms with Crippen molar-refractivity contribution >= 4 is 27.3 Å². The van der Waals surface area contributed by atoms with Crippen LogP contribution in [0.15, 0.2) is 46.7 Å². The Morgan fingerprint density at radius 3 is 2.12 bits per heavy atom. The largest absolute Gasteiger partial charge is 0.416 e. The van der Waals surface area contributed by atoms with E-state index in [-0.39, 0.29) is 37.0 Å². The molecule has 0 N–H and O–H groups in total. The monoisotopic (exact) mass is 404 g/mol. The number of piperazine rings is 1. The quantitative estimate of drug-likeness (QED) is 0.791. The second kappa shape index (κ2) is 7.01. The first-order chi connectivity index (χ1) is 12.2. The maximum Gasteiger partial charge on any atom is 0.416 e. The molecule has 1 saturated heterocycles. The number of thiophene rings is 1. The molecule has 26 heavy (non-hydrogen) atoms. The minimum absolute atomic E-state index is 0.0977. The van der Waals surface area contributed by atoms with E-state index in [2.05, 4.69) is 0 Å². The average Bonchev–Trinajstić information content (AvgIpc) is 3.15. The molecule has 1 aliphatic heterocycles. The van der Waals surface area contributed by atoms with Gasteiger partial charge in [-0.3, -0.25) is 4.79 Å². The molecular formula is C16H15F3N2O3S2. The van der Waals surface area contributed by atoms with Crippen molar-refractivity contribution in [2.45, 2.75) is 11.1 Å². The highest BCUT2D eigenvalue weighted by Crippen LogP contribution is 2.30. The molecule has 0 saturated carbocycles. The van der Waals surface area contributed by atoms with E-state index in [1.54, 1.807) is 22.4 Å². The second-order valence-corrected chi connectivity index (χ2v) is 8.58. The Labute approximate surface area is 152 Å². The first kappa shape index (κ1) is 18.9. The standard InChI is InChI=1S/C16H15F3N2O3S2/c17-16(18,19)12-3-5-13(6-4-12)26(23,24)21-9-7-20(8-10-21)15(22)14-2-1-11-25-14/h1-6,11H,7-10H2. The summed E-state index contributed by atoms with van der Waals surface area (Å²) in [6.07, 6.45) is -4.52. The van der Waals surface area contributed by atoms with Crippen LogP contribution < -0.4 is 0 Å². The van der Waals surface area contributed by atoms with Gasteiger partial charge in [0.05, 0.1) is 15.3 Å². The van der Waals surface area contributed by atoms with Gasteiger partial charge < -0.3 is 4.90 Å². The number of halogens is 3. The highest BCUT2D eigenvalue weighted by molar-refractivity contribution is 7.89. The molecule has 2 aromatic rings. The molecule has 0 aliphatic carbocycles. The summed E-state index contributed by atoms with van der Waals surface area (Å²) in [7, 11) is -3.90. The average molecular weight is 404 g/mol. The van der Waals surface area contributed by atoms with Crippen LogP contribution in [0.2, 0.25) is 0 Å². The van der Waals surface area contributed by atoms with E-state index in [4.69, 9.17) is 0 Å². The van der Waals surface area contributed by atoms with Gasteiger partial charge in [0, 0.05) is 26.2 Å². The number of carbonyl (C=O) groups is 1. The summed E-state index contributed by atoms with van der Waals surface area (Å²) in [4.78, 5) is 14.3. The Kier molecular flexibility index (Phi) is 5.09. The first-order valence-corrected chi connectivity index (χ1v) is 10.0. The Morgan fingerprint density at radius 2 is 1.62 bits per heavy atom. The fourth-order valence-electron chi connectivity index (χ4n) is 2.65. The van der Waals surface area contributed by atoms with Crippen LogP contribution in [0.1, 0.15) is 15.2 Å². The van der Waals surface area contributed by atoms with E-state index in [0.29, 0.717) is 4.88 Å². The van der Waals surface area contributed by atoms with Gasteiger partial charge in [-0.2, -0.15) is 17.5 Å². The van der Waals surface area contributed by atoms with E-state index in [9.17, 15) is 26.4 Å². The van der Waals surface area contributed by atoms with Crippen molar-refractivity contribution in [3.63, 3.8) is 0 Å². The van der Waals surface area contributed by atoms with Crippen molar-refractivity contribution in [1.29, 1.82) is 0 Å². The lowest BCUT2D eigenvalue weighted by atomic mass is 10.2. The highest BCUT2D eigenvalue weighted by atomic mass is 32.2. The second-order valence-electron chi connectivity index (χ2n) is 5.70. The van der Waals surface area contributed by atoms with Gasteiger partial charge in [-0.15, -0.1) is 11.3 Å². The Balaban J connectivity index is 1.69. The molecule has 1 aromatic heterocycles. The summed E-state index contributed by atoms with van der Waals surface area (Å²) in [6.45, 7) is 0.661. The number of rotatable bonds is 3. The molecule has 140 valence electrons. The summed E-state index contributed by atoms with van der Waals surface area (Å²) in [5, 5.41) is 1.79. The number of nitrogens with zero attached hydrogens (tertiary/aromatic N) is 2. The lowest BCUT2D eigenvalue weighted by Gasteiger charge is -2.33. The third-order valence-corrected chi connectivity index (χ3v) is 6.85. The third kappa shape index (κ3) is 3.76. The number of amides is 1. The summed E-state index contributed by atoms with van der Waals surface area (Å²) < 4.78 is 64.2. The fourth-order valence-corrected chi connectivity index (χ4v) is 4.77. The molecule has 5 nitrogen and oxygen atoms in total. The zero-order valence-corrected chi connectivity index (χ0v) is 15.1. The van der Waals surface area contributed by atoms with Crippen LogP contribution in [0, 0.1) is 0 Å². The van der Waals surface area contributed by atoms with Gasteiger partial charge in [0.2, 0.25) is 10.0 Å². The Hall–Kier alpha value is -1.91. The van der Waals surface area contributed by atoms with E-state index in [1.807, 2.05) is 0 Å². The molecule has 0 atom stereocenters. The number of benzene rings is 1. The number of carbonyl (C=O) groups excluding carboxylic acids is 1. The van der Waals surface area contributed by atoms with E-state index in [0.717, 1.165) is 24.3 Å². The Morgan fingerprint density at radius 1 is 1.00 bits per heavy atom. The van der Waals surface area contributed by atoms with Crippen LogP contribution in [-0.2, 0) is 16.2 Å². The summed E-state index contributed by atoms with van der Waals surface area (Å²) in [6, 6.07) is 6.90. The van der Waals surface area contributed by atoms with Gasteiger partial charge in [-0.1, -0.05) is 6.07 Å². The smallest absolute Gasteiger partial charge is 0.335 e. The zero-order valence-electron chi connectivity index (χ0n) is 13.4. The van der Waals surface area contributed by atoms with Crippen molar-refractivity contribution in [2.24, 2.45) is 0 Å². The minimum atomic E-state index is -4.52. The van der Waals surface area contributed by atoms with Crippen LogP contribution >= 0.6 is 11.3 Å². The van der Waals surface area contributed by atoms with Gasteiger partial charge in [0.1, 0.15) is 0 Å². The third-order valence-electron chi connectivity index (χ3n) is 4.08. The van der Waals surface area contributed by atoms with Gasteiger partial charge in [0.25, 0.3) is 5.91 Å². The lowest BCUT2D eigenvalue weighted by Crippen LogP contribution is -2.50. The van der Waals surface area contributed by atoms with Crippen LogP contribution in [0.25, 0.3) is 0 Å². The fraction of sp³-hybridized carbons (Fsp3) is 0.312. The molecule has 2 heterocycles. The predicted molar refractivity (Wildman–Crippen MR) is 90.4 cm³/mol. The van der Waals surface area contributed by atoms with Crippen LogP contribution in [0.3, 0.4) is 0 Å². The molecule has 1 amide bonds. The predicted octanol–water partition coefficient (Wildman–Crippen LogP) is 2.91. The molecule has 0 unspecified atom stereocenters. The molecule has 0 radical (unpaired) electrons. The van der Waals surface area contributed by atoms with Gasteiger partial charge in [-0.25, -0.2) is 8.42 Å². The van der Waals surface area contributed by atoms with E-state index in [1.165, 1.54) is 15.6 Å². The zero-order chi connectivity index (χ0) is 18.9. The topological polar surface area (TPSA) is 57.7 Å². The van der Waals surface area contributed by atoms with Gasteiger partial charge in [-0.05, 0) is 35.7 Å². The normalized spacial score (nSPS) is 16.7. The summed E-state index contributed by atoms with van der Waals surface area (Å²) in [5.74, 6) is -0.147.